The fraction of sp³-hybridized carbons (Fsp3) is 0.222. The smallest absolute Gasteiger partial charge is 0.325 e. The molecule has 0 saturated heterocycles. The Morgan fingerprint density at radius 3 is 2.67 bits per heavy atom. The summed E-state index contributed by atoms with van der Waals surface area (Å²) in [7, 11) is 1.25. The van der Waals surface area contributed by atoms with Crippen molar-refractivity contribution in [1.29, 1.82) is 0 Å². The molecule has 0 aliphatic carbocycles. The minimum Gasteiger partial charge on any atom is -0.505 e. The van der Waals surface area contributed by atoms with Gasteiger partial charge >= 0.3 is 5.97 Å². The number of rotatable bonds is 3. The van der Waals surface area contributed by atoms with Gasteiger partial charge in [-0.2, -0.15) is 0 Å². The zero-order valence-corrected chi connectivity index (χ0v) is 7.90. The normalized spacial score (nSPS) is 12.2. The zero-order valence-electron chi connectivity index (χ0n) is 7.90. The van der Waals surface area contributed by atoms with Gasteiger partial charge in [0.25, 0.3) is 0 Å². The molecule has 1 rings (SSSR count). The number of carboxylic acid groups (broad SMARTS) is 1. The number of halogens is 1. The first kappa shape index (κ1) is 11.3. The fourth-order valence-electron chi connectivity index (χ4n) is 1.15. The highest BCUT2D eigenvalue weighted by Gasteiger charge is 2.25. The van der Waals surface area contributed by atoms with Gasteiger partial charge in [-0.15, -0.1) is 0 Å². The highest BCUT2D eigenvalue weighted by molar-refractivity contribution is 5.76. The molecule has 5 nitrogen and oxygen atoms in total. The summed E-state index contributed by atoms with van der Waals surface area (Å²) in [6.45, 7) is 0. The van der Waals surface area contributed by atoms with Gasteiger partial charge in [0, 0.05) is 0 Å². The Morgan fingerprint density at radius 1 is 1.60 bits per heavy atom. The van der Waals surface area contributed by atoms with E-state index in [1.165, 1.54) is 13.2 Å². The minimum atomic E-state index is -1.58. The molecule has 0 aromatic heterocycles. The van der Waals surface area contributed by atoms with Gasteiger partial charge in [0.15, 0.2) is 11.6 Å². The second-order valence-electron chi connectivity index (χ2n) is 2.83. The van der Waals surface area contributed by atoms with Crippen LogP contribution in [-0.2, 0) is 4.79 Å². The van der Waals surface area contributed by atoms with Crippen molar-refractivity contribution in [3.8, 4) is 11.5 Å². The van der Waals surface area contributed by atoms with Crippen LogP contribution in [-0.4, -0.2) is 23.3 Å². The maximum absolute atomic E-state index is 13.4. The molecule has 1 unspecified atom stereocenters. The van der Waals surface area contributed by atoms with E-state index < -0.39 is 23.6 Å². The molecule has 4 N–H and O–H groups in total. The van der Waals surface area contributed by atoms with Gasteiger partial charge in [-0.25, -0.2) is 4.39 Å². The number of aliphatic carboxylic acids is 1. The largest absolute Gasteiger partial charge is 0.505 e. The molecule has 1 atom stereocenters. The van der Waals surface area contributed by atoms with E-state index in [0.717, 1.165) is 6.07 Å². The molecule has 0 bridgehead atoms. The summed E-state index contributed by atoms with van der Waals surface area (Å²) >= 11 is 0. The topological polar surface area (TPSA) is 92.8 Å². The van der Waals surface area contributed by atoms with Gasteiger partial charge in [0.2, 0.25) is 0 Å². The van der Waals surface area contributed by atoms with Crippen LogP contribution in [0.1, 0.15) is 11.6 Å². The van der Waals surface area contributed by atoms with Gasteiger partial charge in [0.1, 0.15) is 11.8 Å². The number of ether oxygens (including phenoxy) is 1. The maximum atomic E-state index is 13.4. The van der Waals surface area contributed by atoms with E-state index in [-0.39, 0.29) is 11.3 Å². The molecular weight excluding hydrogens is 205 g/mol. The first-order valence-corrected chi connectivity index (χ1v) is 4.02. The minimum absolute atomic E-state index is 0.0137. The first-order valence-electron chi connectivity index (χ1n) is 4.02. The van der Waals surface area contributed by atoms with Gasteiger partial charge in [-0.3, -0.25) is 4.79 Å². The van der Waals surface area contributed by atoms with Crippen molar-refractivity contribution in [3.05, 3.63) is 23.5 Å². The maximum Gasteiger partial charge on any atom is 0.325 e. The van der Waals surface area contributed by atoms with Crippen LogP contribution >= 0.6 is 0 Å². The summed E-state index contributed by atoms with van der Waals surface area (Å²) in [5, 5.41) is 17.7. The molecule has 82 valence electrons. The SMILES string of the molecule is COc1ccc(O)c(F)c1C(N)C(=O)O. The Labute approximate surface area is 84.9 Å². The van der Waals surface area contributed by atoms with Crippen molar-refractivity contribution in [2.75, 3.05) is 7.11 Å². The number of hydrogen-bond acceptors (Lipinski definition) is 4. The average Bonchev–Trinajstić information content (AvgIpc) is 2.20. The lowest BCUT2D eigenvalue weighted by atomic mass is 10.1. The molecule has 0 saturated carbocycles. The van der Waals surface area contributed by atoms with Crippen LogP contribution in [0.25, 0.3) is 0 Å². The molecule has 6 heteroatoms. The highest BCUT2D eigenvalue weighted by Crippen LogP contribution is 2.31. The number of phenols is 1. The molecular formula is C9H10FNO4. The van der Waals surface area contributed by atoms with Crippen molar-refractivity contribution >= 4 is 5.97 Å². The summed E-state index contributed by atoms with van der Waals surface area (Å²) in [5.74, 6) is -3.16. The third-order valence-corrected chi connectivity index (χ3v) is 1.92. The van der Waals surface area contributed by atoms with Crippen molar-refractivity contribution in [2.45, 2.75) is 6.04 Å². The van der Waals surface area contributed by atoms with E-state index in [2.05, 4.69) is 0 Å². The van der Waals surface area contributed by atoms with Crippen molar-refractivity contribution in [1.82, 2.24) is 0 Å². The molecule has 0 aliphatic heterocycles. The quantitative estimate of drug-likeness (QED) is 0.687. The molecule has 0 amide bonds. The standard InChI is InChI=1S/C9H10FNO4/c1-15-5-3-2-4(12)7(10)6(5)8(11)9(13)14/h2-3,8,12H,11H2,1H3,(H,13,14). The van der Waals surface area contributed by atoms with Crippen LogP contribution < -0.4 is 10.5 Å². The summed E-state index contributed by atoms with van der Waals surface area (Å²) in [4.78, 5) is 10.6. The Bertz CT molecular complexity index is 394. The summed E-state index contributed by atoms with van der Waals surface area (Å²) in [5.41, 5.74) is 4.88. The zero-order chi connectivity index (χ0) is 11.6. The number of carbonyl (C=O) groups is 1. The number of phenolic OH excluding ortho intramolecular Hbond substituents is 1. The summed E-state index contributed by atoms with van der Waals surface area (Å²) in [6, 6.07) is 0.732. The highest BCUT2D eigenvalue weighted by atomic mass is 19.1. The number of benzene rings is 1. The van der Waals surface area contributed by atoms with Crippen molar-refractivity contribution in [2.24, 2.45) is 5.73 Å². The van der Waals surface area contributed by atoms with Gasteiger partial charge in [0.05, 0.1) is 12.7 Å². The Kier molecular flexibility index (Phi) is 3.11. The van der Waals surface area contributed by atoms with Crippen LogP contribution in [0, 0.1) is 5.82 Å². The van der Waals surface area contributed by atoms with E-state index in [9.17, 15) is 9.18 Å². The number of hydrogen-bond donors (Lipinski definition) is 3. The number of nitrogens with two attached hydrogens (primary N) is 1. The lowest BCUT2D eigenvalue weighted by Gasteiger charge is -2.13. The monoisotopic (exact) mass is 215 g/mol. The van der Waals surface area contributed by atoms with E-state index in [1.54, 1.807) is 0 Å². The third-order valence-electron chi connectivity index (χ3n) is 1.92. The average molecular weight is 215 g/mol. The van der Waals surface area contributed by atoms with Gasteiger partial charge < -0.3 is 20.7 Å². The van der Waals surface area contributed by atoms with Gasteiger partial charge in [-0.1, -0.05) is 0 Å². The molecule has 0 fully saturated rings. The Balaban J connectivity index is 3.35. The van der Waals surface area contributed by atoms with Gasteiger partial charge in [-0.05, 0) is 12.1 Å². The molecule has 0 aliphatic rings. The molecule has 0 spiro atoms. The summed E-state index contributed by atoms with van der Waals surface area (Å²) < 4.78 is 18.1. The number of aromatic hydroxyl groups is 1. The second kappa shape index (κ2) is 4.14. The van der Waals surface area contributed by atoms with E-state index in [0.29, 0.717) is 0 Å². The molecule has 15 heavy (non-hydrogen) atoms. The lowest BCUT2D eigenvalue weighted by Crippen LogP contribution is -2.22. The predicted octanol–water partition coefficient (Wildman–Crippen LogP) is 0.624. The van der Waals surface area contributed by atoms with E-state index in [1.807, 2.05) is 0 Å². The van der Waals surface area contributed by atoms with Crippen LogP contribution in [0.15, 0.2) is 12.1 Å². The lowest BCUT2D eigenvalue weighted by molar-refractivity contribution is -0.138. The molecule has 1 aromatic carbocycles. The predicted molar refractivity (Wildman–Crippen MR) is 49.2 cm³/mol. The molecule has 0 radical (unpaired) electrons. The van der Waals surface area contributed by atoms with E-state index in [4.69, 9.17) is 20.7 Å². The second-order valence-corrected chi connectivity index (χ2v) is 2.83. The Morgan fingerprint density at radius 2 is 2.20 bits per heavy atom. The van der Waals surface area contributed by atoms with Crippen molar-refractivity contribution in [3.63, 3.8) is 0 Å². The summed E-state index contributed by atoms with van der Waals surface area (Å²) in [6.07, 6.45) is 0. The van der Waals surface area contributed by atoms with Crippen LogP contribution in [0.4, 0.5) is 4.39 Å². The van der Waals surface area contributed by atoms with Crippen LogP contribution in [0.2, 0.25) is 0 Å². The van der Waals surface area contributed by atoms with Crippen LogP contribution in [0.3, 0.4) is 0 Å². The third kappa shape index (κ3) is 1.99. The van der Waals surface area contributed by atoms with Crippen molar-refractivity contribution < 1.29 is 24.1 Å². The van der Waals surface area contributed by atoms with Crippen LogP contribution in [0.5, 0.6) is 11.5 Å². The molecule has 1 aromatic rings. The Hall–Kier alpha value is -1.82. The van der Waals surface area contributed by atoms with E-state index >= 15 is 0 Å². The number of carboxylic acids is 1. The molecule has 0 heterocycles. The fourth-order valence-corrected chi connectivity index (χ4v) is 1.15. The first-order chi connectivity index (χ1) is 6.99. The number of methoxy groups -OCH3 is 1.